The van der Waals surface area contributed by atoms with E-state index in [1.807, 2.05) is 0 Å². The van der Waals surface area contributed by atoms with Crippen molar-refractivity contribution in [1.82, 2.24) is 5.32 Å². The second-order valence-electron chi connectivity index (χ2n) is 3.61. The molecule has 1 aromatic carbocycles. The maximum Gasteiger partial charge on any atom is 0.266 e. The molecule has 1 rings (SSSR count). The van der Waals surface area contributed by atoms with Crippen LogP contribution in [-0.2, 0) is 6.42 Å². The van der Waals surface area contributed by atoms with Crippen molar-refractivity contribution in [3.8, 4) is 5.75 Å². The van der Waals surface area contributed by atoms with Gasteiger partial charge in [0.05, 0.1) is 6.04 Å². The molecule has 0 amide bonds. The van der Waals surface area contributed by atoms with Crippen molar-refractivity contribution >= 4 is 0 Å². The lowest BCUT2D eigenvalue weighted by atomic mass is 10.0. The Morgan fingerprint density at radius 2 is 1.87 bits per heavy atom. The summed E-state index contributed by atoms with van der Waals surface area (Å²) < 4.78 is 27.0. The van der Waals surface area contributed by atoms with Gasteiger partial charge < -0.3 is 10.4 Å². The molecule has 2 nitrogen and oxygen atoms in total. The molecule has 2 N–H and O–H groups in total. The summed E-state index contributed by atoms with van der Waals surface area (Å²) in [6.45, 7) is 1.44. The van der Waals surface area contributed by atoms with Gasteiger partial charge in [0, 0.05) is 6.42 Å². The van der Waals surface area contributed by atoms with E-state index in [4.69, 9.17) is 5.11 Å². The maximum atomic E-state index is 13.5. The Labute approximate surface area is 87.9 Å². The van der Waals surface area contributed by atoms with E-state index in [1.54, 1.807) is 0 Å². The van der Waals surface area contributed by atoms with Gasteiger partial charge in [-0.2, -0.15) is 0 Å². The van der Waals surface area contributed by atoms with E-state index in [2.05, 4.69) is 5.32 Å². The molecule has 0 aliphatic heterocycles. The van der Waals surface area contributed by atoms with Gasteiger partial charge in [-0.15, -0.1) is 0 Å². The molecule has 1 aromatic rings. The zero-order valence-electron chi connectivity index (χ0n) is 8.80. The van der Waals surface area contributed by atoms with Gasteiger partial charge >= 0.3 is 0 Å². The van der Waals surface area contributed by atoms with E-state index < -0.39 is 12.0 Å². The summed E-state index contributed by atoms with van der Waals surface area (Å²) in [6.07, 6.45) is -0.324. The van der Waals surface area contributed by atoms with Crippen LogP contribution in [0.25, 0.3) is 0 Å². The molecule has 15 heavy (non-hydrogen) atoms. The largest absolute Gasteiger partial charge is 0.508 e. The minimum atomic E-state index is -2.79. The van der Waals surface area contributed by atoms with Crippen LogP contribution in [0.3, 0.4) is 0 Å². The van der Waals surface area contributed by atoms with Crippen LogP contribution in [0.5, 0.6) is 5.75 Å². The number of benzene rings is 1. The number of phenols is 1. The second kappa shape index (κ2) is 4.57. The first-order valence-electron chi connectivity index (χ1n) is 4.78. The molecule has 0 fully saturated rings. The van der Waals surface area contributed by atoms with Gasteiger partial charge in [-0.25, -0.2) is 8.78 Å². The van der Waals surface area contributed by atoms with E-state index in [9.17, 15) is 8.78 Å². The normalized spacial score (nSPS) is 13.9. The van der Waals surface area contributed by atoms with Crippen molar-refractivity contribution in [2.24, 2.45) is 0 Å². The zero-order valence-corrected chi connectivity index (χ0v) is 8.80. The van der Waals surface area contributed by atoms with Crippen LogP contribution in [0.15, 0.2) is 24.3 Å². The fourth-order valence-corrected chi connectivity index (χ4v) is 1.25. The smallest absolute Gasteiger partial charge is 0.266 e. The Bertz CT molecular complexity index is 311. The number of phenolic OH excluding ortho intramolecular Hbond substituents is 1. The van der Waals surface area contributed by atoms with Crippen LogP contribution in [0.4, 0.5) is 8.78 Å². The molecule has 0 aromatic heterocycles. The average Bonchev–Trinajstić information content (AvgIpc) is 2.20. The summed E-state index contributed by atoms with van der Waals surface area (Å²) in [7, 11) is 1.51. The van der Waals surface area contributed by atoms with Crippen LogP contribution in [-0.4, -0.2) is 24.1 Å². The predicted molar refractivity (Wildman–Crippen MR) is 55.3 cm³/mol. The van der Waals surface area contributed by atoms with Gasteiger partial charge in [-0.3, -0.25) is 0 Å². The van der Waals surface area contributed by atoms with Crippen molar-refractivity contribution in [3.05, 3.63) is 29.8 Å². The van der Waals surface area contributed by atoms with Crippen LogP contribution < -0.4 is 5.32 Å². The second-order valence-corrected chi connectivity index (χ2v) is 3.61. The maximum absolute atomic E-state index is 13.5. The minimum absolute atomic E-state index is 0.0868. The third-order valence-electron chi connectivity index (χ3n) is 2.44. The summed E-state index contributed by atoms with van der Waals surface area (Å²) in [5.41, 5.74) is 0.514. The monoisotopic (exact) mass is 215 g/mol. The van der Waals surface area contributed by atoms with E-state index in [0.717, 1.165) is 0 Å². The van der Waals surface area contributed by atoms with E-state index in [-0.39, 0.29) is 12.2 Å². The number of rotatable bonds is 4. The van der Waals surface area contributed by atoms with Crippen LogP contribution in [0, 0.1) is 0 Å². The molecule has 0 aliphatic rings. The first-order chi connectivity index (χ1) is 6.95. The van der Waals surface area contributed by atoms with Crippen LogP contribution in [0.1, 0.15) is 12.5 Å². The van der Waals surface area contributed by atoms with Crippen molar-refractivity contribution in [1.29, 1.82) is 0 Å². The number of hydrogen-bond acceptors (Lipinski definition) is 2. The van der Waals surface area contributed by atoms with Crippen molar-refractivity contribution in [2.75, 3.05) is 7.05 Å². The molecule has 0 bridgehead atoms. The van der Waals surface area contributed by atoms with Crippen molar-refractivity contribution in [2.45, 2.75) is 25.3 Å². The topological polar surface area (TPSA) is 32.3 Å². The molecule has 0 radical (unpaired) electrons. The number of halogens is 2. The molecule has 0 heterocycles. The molecule has 4 heteroatoms. The van der Waals surface area contributed by atoms with Gasteiger partial charge in [-0.1, -0.05) is 12.1 Å². The molecule has 0 saturated carbocycles. The number of alkyl halides is 2. The highest BCUT2D eigenvalue weighted by molar-refractivity contribution is 5.26. The Kier molecular flexibility index (Phi) is 3.63. The van der Waals surface area contributed by atoms with E-state index in [1.165, 1.54) is 38.2 Å². The summed E-state index contributed by atoms with van der Waals surface area (Å²) in [5.74, 6) is -2.70. The molecule has 1 unspecified atom stereocenters. The molecule has 0 saturated heterocycles. The summed E-state index contributed by atoms with van der Waals surface area (Å²) >= 11 is 0. The summed E-state index contributed by atoms with van der Waals surface area (Å²) in [6, 6.07) is 4.97. The van der Waals surface area contributed by atoms with Crippen LogP contribution >= 0.6 is 0 Å². The fraction of sp³-hybridized carbons (Fsp3) is 0.455. The highest BCUT2D eigenvalue weighted by atomic mass is 19.3. The van der Waals surface area contributed by atoms with Gasteiger partial charge in [0.15, 0.2) is 0 Å². The number of aromatic hydroxyl groups is 1. The Hall–Kier alpha value is -1.16. The number of hydrogen-bond donors (Lipinski definition) is 2. The Balaban J connectivity index is 2.72. The summed E-state index contributed by atoms with van der Waals surface area (Å²) in [5, 5.41) is 11.5. The molecule has 0 aliphatic carbocycles. The average molecular weight is 215 g/mol. The molecular formula is C11H15F2NO. The zero-order chi connectivity index (χ0) is 11.5. The summed E-state index contributed by atoms with van der Waals surface area (Å²) in [4.78, 5) is 0. The highest BCUT2D eigenvalue weighted by Crippen LogP contribution is 2.24. The van der Waals surface area contributed by atoms with Gasteiger partial charge in [-0.05, 0) is 31.7 Å². The molecule has 1 atom stereocenters. The third-order valence-corrected chi connectivity index (χ3v) is 2.44. The Morgan fingerprint density at radius 3 is 2.33 bits per heavy atom. The highest BCUT2D eigenvalue weighted by Gasteiger charge is 2.35. The number of nitrogens with one attached hydrogen (secondary N) is 1. The van der Waals surface area contributed by atoms with Crippen molar-refractivity contribution in [3.63, 3.8) is 0 Å². The van der Waals surface area contributed by atoms with Crippen LogP contribution in [0.2, 0.25) is 0 Å². The van der Waals surface area contributed by atoms with E-state index >= 15 is 0 Å². The lowest BCUT2D eigenvalue weighted by Crippen LogP contribution is -2.42. The van der Waals surface area contributed by atoms with Gasteiger partial charge in [0.25, 0.3) is 5.92 Å². The first kappa shape index (κ1) is 11.9. The fourth-order valence-electron chi connectivity index (χ4n) is 1.25. The standard InChI is InChI=1S/C11H15F2NO/c1-8(14-2)11(12,13)7-9-3-5-10(15)6-4-9/h3-6,8,14-15H,7H2,1-2H3. The predicted octanol–water partition coefficient (Wildman–Crippen LogP) is 2.18. The molecule has 0 spiro atoms. The molecule has 84 valence electrons. The minimum Gasteiger partial charge on any atom is -0.508 e. The third kappa shape index (κ3) is 3.16. The van der Waals surface area contributed by atoms with Gasteiger partial charge in [0.1, 0.15) is 5.75 Å². The van der Waals surface area contributed by atoms with E-state index in [0.29, 0.717) is 5.56 Å². The molecular weight excluding hydrogens is 200 g/mol. The Morgan fingerprint density at radius 1 is 1.33 bits per heavy atom. The van der Waals surface area contributed by atoms with Crippen molar-refractivity contribution < 1.29 is 13.9 Å². The van der Waals surface area contributed by atoms with Gasteiger partial charge in [0.2, 0.25) is 0 Å². The SMILES string of the molecule is CNC(C)C(F)(F)Cc1ccc(O)cc1. The quantitative estimate of drug-likeness (QED) is 0.806. The first-order valence-corrected chi connectivity index (χ1v) is 4.78. The lowest BCUT2D eigenvalue weighted by molar-refractivity contribution is -0.0285. The lowest BCUT2D eigenvalue weighted by Gasteiger charge is -2.23.